The highest BCUT2D eigenvalue weighted by atomic mass is 16.2. The second kappa shape index (κ2) is 7.16. The molecular weight excluding hydrogens is 324 g/mol. The Morgan fingerprint density at radius 3 is 2.58 bits per heavy atom. The molecule has 3 aliphatic rings. The van der Waals surface area contributed by atoms with Crippen LogP contribution in [0.4, 0.5) is 5.82 Å². The Balaban J connectivity index is 1.44. The summed E-state index contributed by atoms with van der Waals surface area (Å²) in [6.45, 7) is 7.22. The summed E-state index contributed by atoms with van der Waals surface area (Å²) in [6, 6.07) is 2.68. The molecule has 3 heterocycles. The van der Waals surface area contributed by atoms with E-state index in [0.717, 1.165) is 56.2 Å². The molecule has 26 heavy (non-hydrogen) atoms. The Labute approximate surface area is 157 Å². The van der Waals surface area contributed by atoms with Crippen LogP contribution in [0.2, 0.25) is 0 Å². The first-order valence-corrected chi connectivity index (χ1v) is 10.5. The molecule has 3 fully saturated rings. The van der Waals surface area contributed by atoms with E-state index < -0.39 is 0 Å². The van der Waals surface area contributed by atoms with E-state index in [9.17, 15) is 4.79 Å². The van der Waals surface area contributed by atoms with Crippen molar-refractivity contribution in [2.75, 3.05) is 24.5 Å². The first-order chi connectivity index (χ1) is 12.6. The van der Waals surface area contributed by atoms with E-state index in [4.69, 9.17) is 0 Å². The lowest BCUT2D eigenvalue weighted by Gasteiger charge is -2.49. The predicted molar refractivity (Wildman–Crippen MR) is 103 cm³/mol. The third-order valence-electron chi connectivity index (χ3n) is 6.85. The predicted octanol–water partition coefficient (Wildman–Crippen LogP) is 3.50. The van der Waals surface area contributed by atoms with Gasteiger partial charge in [-0.1, -0.05) is 19.8 Å². The normalized spacial score (nSPS) is 23.8. The Hall–Kier alpha value is -1.65. The molecule has 1 saturated carbocycles. The number of piperidine rings is 2. The summed E-state index contributed by atoms with van der Waals surface area (Å²) in [7, 11) is 0. The van der Waals surface area contributed by atoms with Crippen LogP contribution in [-0.2, 0) is 11.2 Å². The van der Waals surface area contributed by atoms with E-state index in [1.54, 1.807) is 0 Å². The number of aromatic nitrogens is 2. The van der Waals surface area contributed by atoms with Crippen molar-refractivity contribution in [3.8, 4) is 0 Å². The third kappa shape index (κ3) is 3.45. The maximum Gasteiger partial charge on any atom is 0.222 e. The van der Waals surface area contributed by atoms with Gasteiger partial charge >= 0.3 is 0 Å². The monoisotopic (exact) mass is 356 g/mol. The van der Waals surface area contributed by atoms with Gasteiger partial charge in [0.1, 0.15) is 11.6 Å². The minimum Gasteiger partial charge on any atom is -0.356 e. The molecule has 2 saturated heterocycles. The van der Waals surface area contributed by atoms with Crippen molar-refractivity contribution < 1.29 is 4.79 Å². The van der Waals surface area contributed by atoms with Crippen LogP contribution in [0.3, 0.4) is 0 Å². The van der Waals surface area contributed by atoms with Gasteiger partial charge in [0, 0.05) is 43.9 Å². The maximum absolute atomic E-state index is 12.5. The van der Waals surface area contributed by atoms with Crippen molar-refractivity contribution in [2.24, 2.45) is 5.41 Å². The maximum atomic E-state index is 12.5. The van der Waals surface area contributed by atoms with Crippen LogP contribution in [0.1, 0.15) is 69.8 Å². The second-order valence-corrected chi connectivity index (χ2v) is 8.57. The number of hydrogen-bond acceptors (Lipinski definition) is 4. The van der Waals surface area contributed by atoms with Gasteiger partial charge < -0.3 is 9.80 Å². The fourth-order valence-corrected chi connectivity index (χ4v) is 5.17. The molecule has 0 bridgehead atoms. The largest absolute Gasteiger partial charge is 0.356 e. The zero-order valence-corrected chi connectivity index (χ0v) is 16.3. The number of carbonyl (C=O) groups is 1. The Morgan fingerprint density at radius 2 is 1.88 bits per heavy atom. The minimum absolute atomic E-state index is 0.336. The average Bonchev–Trinajstić information content (AvgIpc) is 3.18. The summed E-state index contributed by atoms with van der Waals surface area (Å²) in [4.78, 5) is 26.4. The standard InChI is InChI=1S/C21H32N4O/c1-3-17-14-19(23-16(2)22-17)24-12-10-21(11-13-24)9-8-20(26)25(15-21)18-6-4-5-7-18/h14,18H,3-13,15H2,1-2H3. The number of likely N-dealkylation sites (tertiary alicyclic amines) is 1. The van der Waals surface area contributed by atoms with Gasteiger partial charge in [0.25, 0.3) is 0 Å². The van der Waals surface area contributed by atoms with Crippen LogP contribution in [0, 0.1) is 12.3 Å². The summed E-state index contributed by atoms with van der Waals surface area (Å²) in [6.07, 6.45) is 10.1. The van der Waals surface area contributed by atoms with Gasteiger partial charge in [-0.15, -0.1) is 0 Å². The second-order valence-electron chi connectivity index (χ2n) is 8.57. The lowest BCUT2D eigenvalue weighted by atomic mass is 9.72. The van der Waals surface area contributed by atoms with Crippen molar-refractivity contribution in [3.05, 3.63) is 17.6 Å². The summed E-state index contributed by atoms with van der Waals surface area (Å²) in [5, 5.41) is 0. The Morgan fingerprint density at radius 1 is 1.15 bits per heavy atom. The number of rotatable bonds is 3. The molecule has 142 valence electrons. The molecule has 0 N–H and O–H groups in total. The van der Waals surface area contributed by atoms with Gasteiger partial charge in [-0.3, -0.25) is 4.79 Å². The van der Waals surface area contributed by atoms with Crippen molar-refractivity contribution in [1.82, 2.24) is 14.9 Å². The molecule has 4 rings (SSSR count). The molecule has 2 aliphatic heterocycles. The van der Waals surface area contributed by atoms with Crippen LogP contribution in [-0.4, -0.2) is 46.5 Å². The SMILES string of the molecule is CCc1cc(N2CCC3(CCC(=O)N(C4CCCC4)C3)CC2)nc(C)n1. The fourth-order valence-electron chi connectivity index (χ4n) is 5.17. The Kier molecular flexibility index (Phi) is 4.89. The van der Waals surface area contributed by atoms with Gasteiger partial charge in [0.15, 0.2) is 0 Å². The smallest absolute Gasteiger partial charge is 0.222 e. The molecule has 1 amide bonds. The number of anilines is 1. The third-order valence-corrected chi connectivity index (χ3v) is 6.85. The van der Waals surface area contributed by atoms with Crippen LogP contribution in [0.15, 0.2) is 6.07 Å². The van der Waals surface area contributed by atoms with Gasteiger partial charge in [0.2, 0.25) is 5.91 Å². The number of nitrogens with zero attached hydrogens (tertiary/aromatic N) is 4. The molecule has 0 radical (unpaired) electrons. The van der Waals surface area contributed by atoms with Gasteiger partial charge in [-0.25, -0.2) is 9.97 Å². The summed E-state index contributed by atoms with van der Waals surface area (Å²) in [5.41, 5.74) is 1.46. The van der Waals surface area contributed by atoms with Crippen LogP contribution < -0.4 is 4.90 Å². The van der Waals surface area contributed by atoms with Crippen LogP contribution in [0.5, 0.6) is 0 Å². The quantitative estimate of drug-likeness (QED) is 0.832. The number of amides is 1. The highest BCUT2D eigenvalue weighted by molar-refractivity contribution is 5.77. The minimum atomic E-state index is 0.336. The zero-order valence-electron chi connectivity index (χ0n) is 16.3. The van der Waals surface area contributed by atoms with Crippen LogP contribution >= 0.6 is 0 Å². The first-order valence-electron chi connectivity index (χ1n) is 10.5. The lowest BCUT2D eigenvalue weighted by Crippen LogP contribution is -2.54. The van der Waals surface area contributed by atoms with E-state index in [2.05, 4.69) is 32.8 Å². The number of carbonyl (C=O) groups excluding carboxylic acids is 1. The van der Waals surface area contributed by atoms with Crippen molar-refractivity contribution in [3.63, 3.8) is 0 Å². The van der Waals surface area contributed by atoms with Gasteiger partial charge in [0.05, 0.1) is 0 Å². The summed E-state index contributed by atoms with van der Waals surface area (Å²) in [5.74, 6) is 2.36. The molecule has 0 unspecified atom stereocenters. The van der Waals surface area contributed by atoms with Gasteiger partial charge in [-0.05, 0) is 50.9 Å². The van der Waals surface area contributed by atoms with Crippen LogP contribution in [0.25, 0.3) is 0 Å². The highest BCUT2D eigenvalue weighted by Gasteiger charge is 2.43. The molecular formula is C21H32N4O. The Bertz CT molecular complexity index is 660. The zero-order chi connectivity index (χ0) is 18.1. The molecule has 5 nitrogen and oxygen atoms in total. The van der Waals surface area contributed by atoms with Crippen molar-refractivity contribution >= 4 is 11.7 Å². The first kappa shape index (κ1) is 17.7. The van der Waals surface area contributed by atoms with E-state index in [1.165, 1.54) is 38.5 Å². The van der Waals surface area contributed by atoms with Crippen molar-refractivity contribution in [1.29, 1.82) is 0 Å². The average molecular weight is 357 g/mol. The van der Waals surface area contributed by atoms with Crippen molar-refractivity contribution in [2.45, 2.75) is 77.7 Å². The van der Waals surface area contributed by atoms with E-state index in [0.29, 0.717) is 17.4 Å². The molecule has 1 aromatic rings. The molecule has 0 aromatic carbocycles. The topological polar surface area (TPSA) is 49.3 Å². The number of aryl methyl sites for hydroxylation is 2. The molecule has 1 aromatic heterocycles. The fraction of sp³-hybridized carbons (Fsp3) is 0.762. The lowest BCUT2D eigenvalue weighted by molar-refractivity contribution is -0.141. The molecule has 1 aliphatic carbocycles. The number of hydrogen-bond donors (Lipinski definition) is 0. The molecule has 5 heteroatoms. The van der Waals surface area contributed by atoms with E-state index in [-0.39, 0.29) is 0 Å². The van der Waals surface area contributed by atoms with E-state index in [1.807, 2.05) is 6.92 Å². The highest BCUT2D eigenvalue weighted by Crippen LogP contribution is 2.42. The summed E-state index contributed by atoms with van der Waals surface area (Å²) >= 11 is 0. The summed E-state index contributed by atoms with van der Waals surface area (Å²) < 4.78 is 0. The van der Waals surface area contributed by atoms with Gasteiger partial charge in [-0.2, -0.15) is 0 Å². The molecule has 0 atom stereocenters. The van der Waals surface area contributed by atoms with E-state index >= 15 is 0 Å². The molecule has 1 spiro atoms.